The van der Waals surface area contributed by atoms with Crippen LogP contribution in [-0.2, 0) is 16.1 Å². The van der Waals surface area contributed by atoms with Crippen molar-refractivity contribution in [3.8, 4) is 28.7 Å². The number of ether oxygens (including phenoxy) is 2. The highest BCUT2D eigenvalue weighted by atomic mass is 16.5. The molecule has 162 valence electrons. The molecule has 6 nitrogen and oxygen atoms in total. The van der Waals surface area contributed by atoms with E-state index >= 15 is 0 Å². The second kappa shape index (κ2) is 10.6. The van der Waals surface area contributed by atoms with E-state index in [1.165, 1.54) is 0 Å². The van der Waals surface area contributed by atoms with Crippen LogP contribution in [0, 0.1) is 5.92 Å². The van der Waals surface area contributed by atoms with Gasteiger partial charge < -0.3 is 14.0 Å². The van der Waals surface area contributed by atoms with Crippen molar-refractivity contribution in [1.82, 2.24) is 14.5 Å². The minimum atomic E-state index is 0.166. The predicted molar refractivity (Wildman–Crippen MR) is 123 cm³/mol. The standard InChI is InChI=1S/C25H29N3O3/c1-5-31-14-13-19-9-11-20(12-10-19)23-17-28(16-21(29)15-18(2)3)25(27-23)22-7-6-8-24(26-22)30-4/h6-14,17-18H,5,15-16H2,1-4H3/b14-13-. The lowest BCUT2D eigenvalue weighted by atomic mass is 10.1. The Balaban J connectivity index is 1.95. The van der Waals surface area contributed by atoms with Crippen LogP contribution in [0.2, 0.25) is 0 Å². The van der Waals surface area contributed by atoms with E-state index in [-0.39, 0.29) is 12.3 Å². The molecule has 31 heavy (non-hydrogen) atoms. The third-order valence-corrected chi connectivity index (χ3v) is 4.65. The third kappa shape index (κ3) is 6.04. The molecule has 0 aliphatic heterocycles. The van der Waals surface area contributed by atoms with Gasteiger partial charge >= 0.3 is 0 Å². The maximum absolute atomic E-state index is 12.5. The quantitative estimate of drug-likeness (QED) is 0.420. The first-order valence-corrected chi connectivity index (χ1v) is 10.5. The maximum Gasteiger partial charge on any atom is 0.213 e. The van der Waals surface area contributed by atoms with E-state index in [0.29, 0.717) is 36.3 Å². The Kier molecular flexibility index (Phi) is 7.60. The van der Waals surface area contributed by atoms with Gasteiger partial charge in [-0.15, -0.1) is 0 Å². The van der Waals surface area contributed by atoms with Gasteiger partial charge in [0.1, 0.15) is 5.69 Å². The molecule has 6 heteroatoms. The normalized spacial score (nSPS) is 11.3. The van der Waals surface area contributed by atoms with Crippen molar-refractivity contribution in [2.24, 2.45) is 5.92 Å². The van der Waals surface area contributed by atoms with E-state index < -0.39 is 0 Å². The number of rotatable bonds is 10. The van der Waals surface area contributed by atoms with Crippen LogP contribution in [0.15, 0.2) is 54.9 Å². The van der Waals surface area contributed by atoms with Crippen molar-refractivity contribution in [2.45, 2.75) is 33.7 Å². The topological polar surface area (TPSA) is 66.2 Å². The first-order valence-electron chi connectivity index (χ1n) is 10.5. The fourth-order valence-corrected chi connectivity index (χ4v) is 3.23. The molecule has 2 heterocycles. The average molecular weight is 420 g/mol. The number of aromatic nitrogens is 3. The Morgan fingerprint density at radius 1 is 1.10 bits per heavy atom. The van der Waals surface area contributed by atoms with Crippen LogP contribution in [-0.4, -0.2) is 34.0 Å². The number of hydrogen-bond donors (Lipinski definition) is 0. The molecule has 0 saturated carbocycles. The second-order valence-corrected chi connectivity index (χ2v) is 7.66. The Labute approximate surface area is 183 Å². The van der Waals surface area contributed by atoms with Gasteiger partial charge in [0.25, 0.3) is 0 Å². The third-order valence-electron chi connectivity index (χ3n) is 4.65. The van der Waals surface area contributed by atoms with Gasteiger partial charge in [-0.2, -0.15) is 0 Å². The summed E-state index contributed by atoms with van der Waals surface area (Å²) in [7, 11) is 1.58. The monoisotopic (exact) mass is 419 g/mol. The molecule has 0 saturated heterocycles. The average Bonchev–Trinajstić information content (AvgIpc) is 3.17. The van der Waals surface area contributed by atoms with E-state index in [0.717, 1.165) is 16.8 Å². The fraction of sp³-hybridized carbons (Fsp3) is 0.320. The van der Waals surface area contributed by atoms with Gasteiger partial charge in [0.05, 0.1) is 32.2 Å². The molecule has 2 aromatic heterocycles. The van der Waals surface area contributed by atoms with E-state index in [2.05, 4.69) is 4.98 Å². The molecule has 0 N–H and O–H groups in total. The first-order chi connectivity index (χ1) is 15.0. The van der Waals surface area contributed by atoms with Gasteiger partial charge in [-0.3, -0.25) is 4.79 Å². The molecular weight excluding hydrogens is 390 g/mol. The maximum atomic E-state index is 12.5. The number of ketones is 1. The highest BCUT2D eigenvalue weighted by Crippen LogP contribution is 2.26. The van der Waals surface area contributed by atoms with Crippen molar-refractivity contribution in [3.05, 3.63) is 60.5 Å². The summed E-state index contributed by atoms with van der Waals surface area (Å²) in [6.07, 6.45) is 6.05. The summed E-state index contributed by atoms with van der Waals surface area (Å²) >= 11 is 0. The van der Waals surface area contributed by atoms with Gasteiger partial charge in [-0.25, -0.2) is 9.97 Å². The number of carbonyl (C=O) groups is 1. The predicted octanol–water partition coefficient (Wildman–Crippen LogP) is 5.24. The first kappa shape index (κ1) is 22.3. The number of carbonyl (C=O) groups excluding carboxylic acids is 1. The summed E-state index contributed by atoms with van der Waals surface area (Å²) in [5, 5.41) is 0. The molecule has 0 bridgehead atoms. The van der Waals surface area contributed by atoms with Gasteiger partial charge in [0, 0.05) is 24.2 Å². The molecule has 0 amide bonds. The van der Waals surface area contributed by atoms with E-state index in [1.807, 2.05) is 74.0 Å². The minimum absolute atomic E-state index is 0.166. The molecular formula is C25H29N3O3. The van der Waals surface area contributed by atoms with Crippen LogP contribution in [0.25, 0.3) is 28.9 Å². The molecule has 1 aromatic carbocycles. The van der Waals surface area contributed by atoms with Gasteiger partial charge in [0.15, 0.2) is 11.6 Å². The van der Waals surface area contributed by atoms with Crippen molar-refractivity contribution >= 4 is 11.9 Å². The fourth-order valence-electron chi connectivity index (χ4n) is 3.23. The zero-order valence-electron chi connectivity index (χ0n) is 18.5. The molecule has 0 aliphatic rings. The number of Topliss-reactive ketones (excluding diaryl/α,β-unsaturated/α-hetero) is 1. The van der Waals surface area contributed by atoms with Crippen molar-refractivity contribution in [2.75, 3.05) is 13.7 Å². The number of imidazole rings is 1. The lowest BCUT2D eigenvalue weighted by Crippen LogP contribution is -2.13. The summed E-state index contributed by atoms with van der Waals surface area (Å²) in [5.41, 5.74) is 3.46. The molecule has 0 radical (unpaired) electrons. The molecule has 0 unspecified atom stereocenters. The molecule has 0 aliphatic carbocycles. The van der Waals surface area contributed by atoms with Crippen molar-refractivity contribution < 1.29 is 14.3 Å². The van der Waals surface area contributed by atoms with Gasteiger partial charge in [-0.1, -0.05) is 44.2 Å². The molecule has 3 aromatic rings. The van der Waals surface area contributed by atoms with Crippen LogP contribution < -0.4 is 4.74 Å². The van der Waals surface area contributed by atoms with E-state index in [1.54, 1.807) is 19.4 Å². The highest BCUT2D eigenvalue weighted by molar-refractivity contribution is 5.79. The van der Waals surface area contributed by atoms with E-state index in [9.17, 15) is 4.79 Å². The number of benzene rings is 1. The Morgan fingerprint density at radius 2 is 1.87 bits per heavy atom. The van der Waals surface area contributed by atoms with Crippen molar-refractivity contribution in [3.63, 3.8) is 0 Å². The summed E-state index contributed by atoms with van der Waals surface area (Å²) in [4.78, 5) is 21.9. The van der Waals surface area contributed by atoms with Crippen molar-refractivity contribution in [1.29, 1.82) is 0 Å². The van der Waals surface area contributed by atoms with Gasteiger partial charge in [0.2, 0.25) is 5.88 Å². The largest absolute Gasteiger partial charge is 0.501 e. The lowest BCUT2D eigenvalue weighted by Gasteiger charge is -2.08. The molecule has 3 rings (SSSR count). The summed E-state index contributed by atoms with van der Waals surface area (Å²) in [6, 6.07) is 13.6. The summed E-state index contributed by atoms with van der Waals surface area (Å²) in [5.74, 6) is 1.63. The Bertz CT molecular complexity index is 1040. The highest BCUT2D eigenvalue weighted by Gasteiger charge is 2.16. The van der Waals surface area contributed by atoms with Crippen LogP contribution in [0.1, 0.15) is 32.8 Å². The molecule has 0 fully saturated rings. The Hall–Kier alpha value is -3.41. The zero-order chi connectivity index (χ0) is 22.2. The Morgan fingerprint density at radius 3 is 2.55 bits per heavy atom. The summed E-state index contributed by atoms with van der Waals surface area (Å²) in [6.45, 7) is 6.94. The molecule has 0 atom stereocenters. The van der Waals surface area contributed by atoms with Crippen LogP contribution in [0.4, 0.5) is 0 Å². The minimum Gasteiger partial charge on any atom is -0.501 e. The number of pyridine rings is 1. The van der Waals surface area contributed by atoms with Crippen LogP contribution in [0.3, 0.4) is 0 Å². The number of hydrogen-bond acceptors (Lipinski definition) is 5. The summed E-state index contributed by atoms with van der Waals surface area (Å²) < 4.78 is 12.4. The SMILES string of the molecule is CCO/C=C\c1ccc(-c2cn(CC(=O)CC(C)C)c(-c3cccc(OC)n3)n2)cc1. The van der Waals surface area contributed by atoms with Gasteiger partial charge in [-0.05, 0) is 30.5 Å². The zero-order valence-corrected chi connectivity index (χ0v) is 18.5. The second-order valence-electron chi connectivity index (χ2n) is 7.66. The van der Waals surface area contributed by atoms with E-state index in [4.69, 9.17) is 14.5 Å². The smallest absolute Gasteiger partial charge is 0.213 e. The lowest BCUT2D eigenvalue weighted by molar-refractivity contribution is -0.120. The number of methoxy groups -OCH3 is 1. The van der Waals surface area contributed by atoms with Crippen LogP contribution >= 0.6 is 0 Å². The number of nitrogens with zero attached hydrogens (tertiary/aromatic N) is 3. The molecule has 0 spiro atoms. The van der Waals surface area contributed by atoms with Crippen LogP contribution in [0.5, 0.6) is 5.88 Å².